The monoisotopic (exact) mass is 319 g/mol. The van der Waals surface area contributed by atoms with E-state index in [1.165, 1.54) is 12.1 Å². The zero-order valence-electron chi connectivity index (χ0n) is 10.8. The number of piperazine rings is 1. The minimum Gasteiger partial charge on any atom is -0.369 e. The highest BCUT2D eigenvalue weighted by atomic mass is 35.7. The molecule has 1 heterocycles. The Morgan fingerprint density at radius 2 is 1.80 bits per heavy atom. The van der Waals surface area contributed by atoms with Crippen LogP contribution >= 0.6 is 10.7 Å². The van der Waals surface area contributed by atoms with E-state index >= 15 is 0 Å². The molecule has 0 bridgehead atoms. The van der Waals surface area contributed by atoms with Gasteiger partial charge in [0.2, 0.25) is 0 Å². The van der Waals surface area contributed by atoms with Gasteiger partial charge in [0.05, 0.1) is 9.82 Å². The van der Waals surface area contributed by atoms with Gasteiger partial charge in [0.1, 0.15) is 0 Å². The van der Waals surface area contributed by atoms with E-state index in [-0.39, 0.29) is 10.6 Å². The minimum absolute atomic E-state index is 0.248. The molecule has 0 aromatic heterocycles. The standard InChI is InChI=1S/C11H14ClN3O4S/c1-13-2-4-14(5-3-13)9-6-10(15(16)17)8-11(7-9)20(12,18)19/h6-8H,2-5H2,1H3. The summed E-state index contributed by atoms with van der Waals surface area (Å²) in [4.78, 5) is 14.1. The molecule has 20 heavy (non-hydrogen) atoms. The lowest BCUT2D eigenvalue weighted by molar-refractivity contribution is -0.385. The summed E-state index contributed by atoms with van der Waals surface area (Å²) in [6.45, 7) is 2.98. The molecule has 1 aliphatic heterocycles. The molecule has 110 valence electrons. The van der Waals surface area contributed by atoms with Crippen LogP contribution in [-0.4, -0.2) is 51.5 Å². The van der Waals surface area contributed by atoms with Gasteiger partial charge in [-0.15, -0.1) is 0 Å². The predicted octanol–water partition coefficient (Wildman–Crippen LogP) is 1.27. The van der Waals surface area contributed by atoms with Crippen LogP contribution < -0.4 is 4.90 Å². The van der Waals surface area contributed by atoms with E-state index in [1.54, 1.807) is 0 Å². The minimum atomic E-state index is -4.00. The number of hydrogen-bond acceptors (Lipinski definition) is 6. The molecule has 1 fully saturated rings. The SMILES string of the molecule is CN1CCN(c2cc([N+](=O)[O-])cc(S(=O)(=O)Cl)c2)CC1. The van der Waals surface area contributed by atoms with Crippen LogP contribution in [0.3, 0.4) is 0 Å². The second-order valence-corrected chi connectivity index (χ2v) is 7.24. The van der Waals surface area contributed by atoms with Gasteiger partial charge in [0.25, 0.3) is 14.7 Å². The van der Waals surface area contributed by atoms with E-state index in [0.29, 0.717) is 18.8 Å². The highest BCUT2D eigenvalue weighted by Crippen LogP contribution is 2.28. The van der Waals surface area contributed by atoms with Crippen molar-refractivity contribution in [2.45, 2.75) is 4.90 Å². The summed E-state index contributed by atoms with van der Waals surface area (Å²) in [6.07, 6.45) is 0. The third-order valence-corrected chi connectivity index (χ3v) is 4.57. The molecule has 0 unspecified atom stereocenters. The summed E-state index contributed by atoms with van der Waals surface area (Å²) in [5.74, 6) is 0. The van der Waals surface area contributed by atoms with Crippen LogP contribution in [0.4, 0.5) is 11.4 Å². The molecule has 0 amide bonds. The van der Waals surface area contributed by atoms with Crippen molar-refractivity contribution in [2.75, 3.05) is 38.1 Å². The highest BCUT2D eigenvalue weighted by molar-refractivity contribution is 8.13. The fraction of sp³-hybridized carbons (Fsp3) is 0.455. The molecule has 0 N–H and O–H groups in total. The van der Waals surface area contributed by atoms with E-state index in [0.717, 1.165) is 19.2 Å². The van der Waals surface area contributed by atoms with Gasteiger partial charge in [-0.2, -0.15) is 0 Å². The fourth-order valence-electron chi connectivity index (χ4n) is 2.06. The molecule has 1 saturated heterocycles. The lowest BCUT2D eigenvalue weighted by Crippen LogP contribution is -2.44. The van der Waals surface area contributed by atoms with Crippen LogP contribution in [0.25, 0.3) is 0 Å². The Morgan fingerprint density at radius 3 is 2.30 bits per heavy atom. The van der Waals surface area contributed by atoms with Gasteiger partial charge in [0, 0.05) is 54.7 Å². The van der Waals surface area contributed by atoms with Crippen LogP contribution in [0.2, 0.25) is 0 Å². The molecule has 0 spiro atoms. The van der Waals surface area contributed by atoms with Crippen LogP contribution in [0.15, 0.2) is 23.1 Å². The Bertz CT molecular complexity index is 627. The zero-order chi connectivity index (χ0) is 14.9. The van der Waals surface area contributed by atoms with Crippen LogP contribution in [0.5, 0.6) is 0 Å². The number of hydrogen-bond donors (Lipinski definition) is 0. The maximum absolute atomic E-state index is 11.4. The zero-order valence-corrected chi connectivity index (χ0v) is 12.4. The Hall–Kier alpha value is -1.38. The van der Waals surface area contributed by atoms with Gasteiger partial charge in [-0.1, -0.05) is 0 Å². The van der Waals surface area contributed by atoms with Gasteiger partial charge < -0.3 is 9.80 Å². The van der Waals surface area contributed by atoms with Crippen molar-refractivity contribution in [2.24, 2.45) is 0 Å². The van der Waals surface area contributed by atoms with E-state index in [2.05, 4.69) is 4.90 Å². The van der Waals surface area contributed by atoms with Crippen LogP contribution in [-0.2, 0) is 9.05 Å². The van der Waals surface area contributed by atoms with Gasteiger partial charge in [0.15, 0.2) is 0 Å². The summed E-state index contributed by atoms with van der Waals surface area (Å²) in [5, 5.41) is 10.9. The fourth-order valence-corrected chi connectivity index (χ4v) is 2.85. The molecule has 0 atom stereocenters. The maximum Gasteiger partial charge on any atom is 0.272 e. The molecular weight excluding hydrogens is 306 g/mol. The normalized spacial score (nSPS) is 17.2. The first-order chi connectivity index (χ1) is 9.27. The van der Waals surface area contributed by atoms with E-state index < -0.39 is 14.0 Å². The molecule has 1 aromatic rings. The summed E-state index contributed by atoms with van der Waals surface area (Å²) in [6, 6.07) is 3.72. The van der Waals surface area contributed by atoms with E-state index in [4.69, 9.17) is 10.7 Å². The number of non-ortho nitro benzene ring substituents is 1. The van der Waals surface area contributed by atoms with Crippen molar-refractivity contribution in [3.8, 4) is 0 Å². The largest absolute Gasteiger partial charge is 0.369 e. The van der Waals surface area contributed by atoms with E-state index in [1.807, 2.05) is 11.9 Å². The molecule has 1 aliphatic rings. The molecule has 9 heteroatoms. The maximum atomic E-state index is 11.4. The molecule has 0 aliphatic carbocycles. The Balaban J connectivity index is 2.42. The Kier molecular flexibility index (Phi) is 4.17. The summed E-state index contributed by atoms with van der Waals surface area (Å²) in [5.41, 5.74) is 0.229. The highest BCUT2D eigenvalue weighted by Gasteiger charge is 2.21. The lowest BCUT2D eigenvalue weighted by atomic mass is 10.2. The van der Waals surface area contributed by atoms with Crippen molar-refractivity contribution in [1.29, 1.82) is 0 Å². The third-order valence-electron chi connectivity index (χ3n) is 3.24. The number of halogens is 1. The number of nitro benzene ring substituents is 1. The first-order valence-electron chi connectivity index (χ1n) is 5.95. The first kappa shape index (κ1) is 15.0. The Labute approximate surface area is 121 Å². The summed E-state index contributed by atoms with van der Waals surface area (Å²) in [7, 11) is 3.28. The van der Waals surface area contributed by atoms with Gasteiger partial charge in [-0.3, -0.25) is 10.1 Å². The number of rotatable bonds is 3. The first-order valence-corrected chi connectivity index (χ1v) is 8.26. The quantitative estimate of drug-likeness (QED) is 0.474. The van der Waals surface area contributed by atoms with Gasteiger partial charge in [-0.05, 0) is 13.1 Å². The molecule has 0 saturated carbocycles. The average Bonchev–Trinajstić information content (AvgIpc) is 2.38. The second-order valence-electron chi connectivity index (χ2n) is 4.67. The van der Waals surface area contributed by atoms with Crippen molar-refractivity contribution < 1.29 is 13.3 Å². The molecule has 0 radical (unpaired) electrons. The Morgan fingerprint density at radius 1 is 1.20 bits per heavy atom. The topological polar surface area (TPSA) is 83.8 Å². The third kappa shape index (κ3) is 3.38. The van der Waals surface area contributed by atoms with Crippen molar-refractivity contribution in [1.82, 2.24) is 4.90 Å². The smallest absolute Gasteiger partial charge is 0.272 e. The van der Waals surface area contributed by atoms with Crippen molar-refractivity contribution in [3.63, 3.8) is 0 Å². The van der Waals surface area contributed by atoms with E-state index in [9.17, 15) is 18.5 Å². The summed E-state index contributed by atoms with van der Waals surface area (Å²) >= 11 is 0. The van der Waals surface area contributed by atoms with Gasteiger partial charge in [-0.25, -0.2) is 8.42 Å². The van der Waals surface area contributed by atoms with Crippen LogP contribution in [0, 0.1) is 10.1 Å². The number of nitrogens with zero attached hydrogens (tertiary/aromatic N) is 3. The molecule has 7 nitrogen and oxygen atoms in total. The predicted molar refractivity (Wildman–Crippen MR) is 75.8 cm³/mol. The van der Waals surface area contributed by atoms with Crippen molar-refractivity contribution >= 4 is 31.1 Å². The summed E-state index contributed by atoms with van der Waals surface area (Å²) < 4.78 is 22.8. The lowest BCUT2D eigenvalue weighted by Gasteiger charge is -2.34. The van der Waals surface area contributed by atoms with Crippen molar-refractivity contribution in [3.05, 3.63) is 28.3 Å². The molecule has 2 rings (SSSR count). The van der Waals surface area contributed by atoms with Crippen LogP contribution in [0.1, 0.15) is 0 Å². The number of benzene rings is 1. The molecular formula is C11H14ClN3O4S. The number of nitro groups is 1. The second kappa shape index (κ2) is 5.55. The average molecular weight is 320 g/mol. The van der Waals surface area contributed by atoms with Gasteiger partial charge >= 0.3 is 0 Å². The molecule has 1 aromatic carbocycles. The number of anilines is 1. The number of likely N-dealkylation sites (N-methyl/N-ethyl adjacent to an activating group) is 1.